The van der Waals surface area contributed by atoms with Crippen molar-refractivity contribution in [3.63, 3.8) is 0 Å². The maximum atomic E-state index is 13.5. The lowest BCUT2D eigenvalue weighted by Gasteiger charge is -2.11. The van der Waals surface area contributed by atoms with Gasteiger partial charge in [-0.05, 0) is 18.2 Å². The molecule has 20 heavy (non-hydrogen) atoms. The molecule has 1 radical (unpaired) electrons. The van der Waals surface area contributed by atoms with Crippen LogP contribution in [0.4, 0.5) is 14.5 Å². The largest absolute Gasteiger partial charge is 0.480 e. The van der Waals surface area contributed by atoms with Crippen molar-refractivity contribution >= 4 is 15.7 Å². The van der Waals surface area contributed by atoms with Crippen LogP contribution in [0.5, 0.6) is 5.88 Å². The van der Waals surface area contributed by atoms with Gasteiger partial charge in [-0.25, -0.2) is 22.2 Å². The van der Waals surface area contributed by atoms with E-state index in [1.54, 1.807) is 0 Å². The summed E-state index contributed by atoms with van der Waals surface area (Å²) < 4.78 is 57.3. The monoisotopic (exact) mass is 299 g/mol. The summed E-state index contributed by atoms with van der Waals surface area (Å²) in [5, 5.41) is 0. The van der Waals surface area contributed by atoms with Gasteiger partial charge in [0.1, 0.15) is 22.2 Å². The summed E-state index contributed by atoms with van der Waals surface area (Å²) in [5.74, 6) is -2.05. The number of nitrogens with one attached hydrogen (secondary N) is 1. The molecule has 0 unspecified atom stereocenters. The van der Waals surface area contributed by atoms with E-state index in [-0.39, 0.29) is 11.6 Å². The van der Waals surface area contributed by atoms with Gasteiger partial charge in [0.25, 0.3) is 10.0 Å². The van der Waals surface area contributed by atoms with Gasteiger partial charge in [-0.3, -0.25) is 4.72 Å². The average molecular weight is 299 g/mol. The summed E-state index contributed by atoms with van der Waals surface area (Å²) in [6.07, 6.45) is 1.29. The topological polar surface area (TPSA) is 68.3 Å². The highest BCUT2D eigenvalue weighted by Gasteiger charge is 2.21. The molecule has 0 amide bonds. The second kappa shape index (κ2) is 5.41. The van der Waals surface area contributed by atoms with Crippen LogP contribution in [0.15, 0.2) is 35.4 Å². The van der Waals surface area contributed by atoms with Crippen LogP contribution in [0.1, 0.15) is 0 Å². The number of ether oxygens (including phenoxy) is 1. The van der Waals surface area contributed by atoms with E-state index in [0.717, 1.165) is 12.1 Å². The summed E-state index contributed by atoms with van der Waals surface area (Å²) in [4.78, 5) is 3.08. The molecule has 2 aromatic rings. The van der Waals surface area contributed by atoms with Gasteiger partial charge >= 0.3 is 0 Å². The molecule has 0 aliphatic carbocycles. The molecule has 0 bridgehead atoms. The maximum absolute atomic E-state index is 13.5. The fourth-order valence-electron chi connectivity index (χ4n) is 1.48. The van der Waals surface area contributed by atoms with Crippen LogP contribution in [-0.2, 0) is 10.0 Å². The predicted octanol–water partition coefficient (Wildman–Crippen LogP) is 1.97. The van der Waals surface area contributed by atoms with Gasteiger partial charge < -0.3 is 4.74 Å². The van der Waals surface area contributed by atoms with Gasteiger partial charge in [0.05, 0.1) is 7.11 Å². The van der Waals surface area contributed by atoms with Gasteiger partial charge in [-0.15, -0.1) is 0 Å². The molecule has 0 atom stereocenters. The van der Waals surface area contributed by atoms with Crippen molar-refractivity contribution in [3.05, 3.63) is 48.2 Å². The zero-order valence-electron chi connectivity index (χ0n) is 10.2. The third-order valence-corrected chi connectivity index (χ3v) is 3.73. The van der Waals surface area contributed by atoms with Crippen molar-refractivity contribution in [3.8, 4) is 5.88 Å². The Hall–Kier alpha value is -2.22. The smallest absolute Gasteiger partial charge is 0.264 e. The lowest BCUT2D eigenvalue weighted by Crippen LogP contribution is -2.15. The molecular weight excluding hydrogens is 290 g/mol. The Bertz CT molecular complexity index is 735. The van der Waals surface area contributed by atoms with Crippen molar-refractivity contribution in [2.45, 2.75) is 4.90 Å². The van der Waals surface area contributed by atoms with Crippen LogP contribution in [0, 0.1) is 17.7 Å². The Morgan fingerprint density at radius 3 is 2.75 bits per heavy atom. The number of halogens is 2. The first-order valence-electron chi connectivity index (χ1n) is 5.32. The third kappa shape index (κ3) is 2.85. The lowest BCUT2D eigenvalue weighted by molar-refractivity contribution is 0.400. The molecule has 0 aliphatic heterocycles. The molecule has 0 saturated carbocycles. The molecule has 2 rings (SSSR count). The van der Waals surface area contributed by atoms with Gasteiger partial charge in [0.2, 0.25) is 5.88 Å². The fourth-order valence-corrected chi connectivity index (χ4v) is 2.58. The number of anilines is 1. The second-order valence-corrected chi connectivity index (χ2v) is 5.32. The Labute approximate surface area is 114 Å². The first-order valence-corrected chi connectivity index (χ1v) is 6.80. The third-order valence-electron chi connectivity index (χ3n) is 2.34. The van der Waals surface area contributed by atoms with E-state index in [2.05, 4.69) is 15.8 Å². The molecule has 1 heterocycles. The van der Waals surface area contributed by atoms with E-state index in [4.69, 9.17) is 4.74 Å². The number of pyridine rings is 1. The van der Waals surface area contributed by atoms with Crippen molar-refractivity contribution in [1.82, 2.24) is 4.98 Å². The van der Waals surface area contributed by atoms with Crippen molar-refractivity contribution in [1.29, 1.82) is 0 Å². The minimum Gasteiger partial charge on any atom is -0.480 e. The van der Waals surface area contributed by atoms with Crippen LogP contribution < -0.4 is 9.46 Å². The second-order valence-electron chi connectivity index (χ2n) is 3.67. The minimum atomic E-state index is -4.23. The van der Waals surface area contributed by atoms with Crippen molar-refractivity contribution in [2.24, 2.45) is 0 Å². The molecule has 5 nitrogen and oxygen atoms in total. The van der Waals surface area contributed by atoms with Crippen molar-refractivity contribution < 1.29 is 21.9 Å². The SMILES string of the molecule is COc1nc[c]cc1NS(=O)(=O)c1ccc(F)cc1F. The lowest BCUT2D eigenvalue weighted by atomic mass is 10.3. The standard InChI is InChI=1S/C12H9F2N2O3S/c1-19-12-10(3-2-6-15-12)16-20(17,18)11-5-4-8(13)7-9(11)14/h3-7,16H,1H3. The molecule has 1 aromatic heterocycles. The predicted molar refractivity (Wildman–Crippen MR) is 66.8 cm³/mol. The number of nitrogens with zero attached hydrogens (tertiary/aromatic N) is 1. The summed E-state index contributed by atoms with van der Waals surface area (Å²) in [6.45, 7) is 0. The van der Waals surface area contributed by atoms with E-state index in [9.17, 15) is 17.2 Å². The maximum Gasteiger partial charge on any atom is 0.264 e. The average Bonchev–Trinajstić information content (AvgIpc) is 2.38. The molecule has 1 N–H and O–H groups in total. The number of rotatable bonds is 4. The molecule has 0 saturated heterocycles. The summed E-state index contributed by atoms with van der Waals surface area (Å²) in [7, 11) is -2.92. The molecule has 1 aromatic carbocycles. The summed E-state index contributed by atoms with van der Waals surface area (Å²) >= 11 is 0. The van der Waals surface area contributed by atoms with E-state index in [0.29, 0.717) is 6.07 Å². The van der Waals surface area contributed by atoms with Crippen LogP contribution in [0.2, 0.25) is 0 Å². The van der Waals surface area contributed by atoms with Gasteiger partial charge in [0.15, 0.2) is 0 Å². The van der Waals surface area contributed by atoms with E-state index in [1.807, 2.05) is 0 Å². The van der Waals surface area contributed by atoms with Gasteiger partial charge in [-0.1, -0.05) is 0 Å². The quantitative estimate of drug-likeness (QED) is 0.937. The molecule has 0 fully saturated rings. The normalized spacial score (nSPS) is 11.2. The number of sulfonamides is 1. The molecular formula is C12H9F2N2O3S. The van der Waals surface area contributed by atoms with E-state index >= 15 is 0 Å². The highest BCUT2D eigenvalue weighted by molar-refractivity contribution is 7.92. The van der Waals surface area contributed by atoms with Crippen LogP contribution >= 0.6 is 0 Å². The van der Waals surface area contributed by atoms with Crippen molar-refractivity contribution in [2.75, 3.05) is 11.8 Å². The molecule has 8 heteroatoms. The molecule has 105 valence electrons. The summed E-state index contributed by atoms with van der Waals surface area (Å²) in [5.41, 5.74) is -0.00118. The Balaban J connectivity index is 2.41. The van der Waals surface area contributed by atoms with Gasteiger partial charge in [-0.2, -0.15) is 0 Å². The van der Waals surface area contributed by atoms with Gasteiger partial charge in [0, 0.05) is 18.3 Å². The highest BCUT2D eigenvalue weighted by Crippen LogP contribution is 2.24. The minimum absolute atomic E-state index is 0.00118. The first kappa shape index (κ1) is 14.2. The zero-order chi connectivity index (χ0) is 14.8. The van der Waals surface area contributed by atoms with Crippen LogP contribution in [0.25, 0.3) is 0 Å². The number of hydrogen-bond acceptors (Lipinski definition) is 4. The van der Waals surface area contributed by atoms with Crippen LogP contribution in [-0.4, -0.2) is 20.5 Å². The number of aromatic nitrogens is 1. The number of hydrogen-bond donors (Lipinski definition) is 1. The molecule has 0 aliphatic rings. The fraction of sp³-hybridized carbons (Fsp3) is 0.0833. The van der Waals surface area contributed by atoms with Crippen LogP contribution in [0.3, 0.4) is 0 Å². The Kier molecular flexibility index (Phi) is 3.84. The Morgan fingerprint density at radius 1 is 1.35 bits per heavy atom. The first-order chi connectivity index (χ1) is 9.44. The van der Waals surface area contributed by atoms with E-state index in [1.165, 1.54) is 19.4 Å². The zero-order valence-corrected chi connectivity index (χ0v) is 11.0. The number of methoxy groups -OCH3 is 1. The Morgan fingerprint density at radius 2 is 2.10 bits per heavy atom. The summed E-state index contributed by atoms with van der Waals surface area (Å²) in [6, 6.07) is 6.02. The number of benzene rings is 1. The molecule has 0 spiro atoms. The highest BCUT2D eigenvalue weighted by atomic mass is 32.2. The van der Waals surface area contributed by atoms with E-state index < -0.39 is 26.6 Å².